The second-order valence-electron chi connectivity index (χ2n) is 9.00. The molecule has 0 atom stereocenters. The van der Waals surface area contributed by atoms with Crippen LogP contribution in [0.5, 0.6) is 11.6 Å². The SMILES string of the molecule is O=C(NC1CCC(NC(=O)c2cc(F)cnc2OC2CCSCC2)CC1)c1ccccc1OCCO. The number of nitrogens with one attached hydrogen (secondary N) is 2. The number of thioether (sulfide) groups is 1. The van der Waals surface area contributed by atoms with E-state index in [-0.39, 0.29) is 48.8 Å². The van der Waals surface area contributed by atoms with Gasteiger partial charge in [-0.15, -0.1) is 0 Å². The quantitative estimate of drug-likeness (QED) is 0.468. The molecule has 1 saturated heterocycles. The van der Waals surface area contributed by atoms with E-state index in [0.29, 0.717) is 37.0 Å². The Morgan fingerprint density at radius 2 is 1.64 bits per heavy atom. The van der Waals surface area contributed by atoms with Crippen molar-refractivity contribution in [2.24, 2.45) is 0 Å². The number of benzene rings is 1. The summed E-state index contributed by atoms with van der Waals surface area (Å²) >= 11 is 1.87. The molecule has 3 N–H and O–H groups in total. The van der Waals surface area contributed by atoms with E-state index in [4.69, 9.17) is 14.6 Å². The lowest BCUT2D eigenvalue weighted by Gasteiger charge is -2.30. The normalized spacial score (nSPS) is 20.4. The van der Waals surface area contributed by atoms with Crippen molar-refractivity contribution in [1.29, 1.82) is 0 Å². The number of aliphatic hydroxyl groups is 1. The Morgan fingerprint density at radius 3 is 2.31 bits per heavy atom. The molecule has 0 spiro atoms. The Hall–Kier alpha value is -2.85. The largest absolute Gasteiger partial charge is 0.490 e. The van der Waals surface area contributed by atoms with Crippen LogP contribution in [-0.4, -0.2) is 64.8 Å². The number of halogens is 1. The molecule has 2 aromatic rings. The van der Waals surface area contributed by atoms with E-state index in [0.717, 1.165) is 30.5 Å². The predicted octanol–water partition coefficient (Wildman–Crippen LogP) is 3.34. The zero-order valence-electron chi connectivity index (χ0n) is 20.1. The van der Waals surface area contributed by atoms with Crippen molar-refractivity contribution in [3.63, 3.8) is 0 Å². The standard InChI is InChI=1S/C26H32FN3O5S/c27-17-15-22(26(28-16-17)35-20-9-13-36-14-10-20)25(33)30-19-7-5-18(6-8-19)29-24(32)21-3-1-2-4-23(21)34-12-11-31/h1-4,15-16,18-20,31H,5-14H2,(H,29,32)(H,30,33). The second-order valence-corrected chi connectivity index (χ2v) is 10.2. The first-order valence-electron chi connectivity index (χ1n) is 12.4. The van der Waals surface area contributed by atoms with E-state index in [1.807, 2.05) is 11.8 Å². The van der Waals surface area contributed by atoms with Crippen molar-refractivity contribution in [3.8, 4) is 11.6 Å². The van der Waals surface area contributed by atoms with Crippen LogP contribution in [0.15, 0.2) is 36.5 Å². The minimum atomic E-state index is -0.582. The van der Waals surface area contributed by atoms with E-state index in [1.54, 1.807) is 24.3 Å². The van der Waals surface area contributed by atoms with Gasteiger partial charge in [0.2, 0.25) is 5.88 Å². The summed E-state index contributed by atoms with van der Waals surface area (Å²) in [7, 11) is 0. The van der Waals surface area contributed by atoms with Crippen molar-refractivity contribution in [2.45, 2.75) is 56.7 Å². The van der Waals surface area contributed by atoms with Crippen molar-refractivity contribution in [2.75, 3.05) is 24.7 Å². The number of ether oxygens (including phenoxy) is 2. The van der Waals surface area contributed by atoms with Crippen molar-refractivity contribution in [3.05, 3.63) is 53.5 Å². The van der Waals surface area contributed by atoms with Crippen LogP contribution in [0.25, 0.3) is 0 Å². The molecule has 1 aliphatic carbocycles. The van der Waals surface area contributed by atoms with E-state index in [1.165, 1.54) is 6.07 Å². The first-order chi connectivity index (χ1) is 17.5. The average molecular weight is 518 g/mol. The summed E-state index contributed by atoms with van der Waals surface area (Å²) in [6.07, 6.45) is 5.55. The Balaban J connectivity index is 1.30. The third kappa shape index (κ3) is 7.10. The van der Waals surface area contributed by atoms with Crippen LogP contribution in [-0.2, 0) is 0 Å². The van der Waals surface area contributed by atoms with Gasteiger partial charge < -0.3 is 25.2 Å². The number of rotatable bonds is 9. The van der Waals surface area contributed by atoms with Gasteiger partial charge in [0.1, 0.15) is 29.8 Å². The molecule has 1 saturated carbocycles. The van der Waals surface area contributed by atoms with Gasteiger partial charge in [0.25, 0.3) is 11.8 Å². The molecule has 1 aromatic heterocycles. The Bertz CT molecular complexity index is 1040. The summed E-state index contributed by atoms with van der Waals surface area (Å²) in [5, 5.41) is 15.0. The zero-order chi connectivity index (χ0) is 25.3. The van der Waals surface area contributed by atoms with Gasteiger partial charge in [-0.3, -0.25) is 9.59 Å². The molecule has 10 heteroatoms. The molecule has 4 rings (SSSR count). The van der Waals surface area contributed by atoms with Gasteiger partial charge in [-0.05, 0) is 68.2 Å². The maximum Gasteiger partial charge on any atom is 0.257 e. The topological polar surface area (TPSA) is 110 Å². The summed E-state index contributed by atoms with van der Waals surface area (Å²) in [5.74, 6) is 1.38. The third-order valence-electron chi connectivity index (χ3n) is 6.39. The van der Waals surface area contributed by atoms with Gasteiger partial charge in [-0.2, -0.15) is 11.8 Å². The van der Waals surface area contributed by atoms with Gasteiger partial charge in [0.05, 0.1) is 18.4 Å². The lowest BCUT2D eigenvalue weighted by molar-refractivity contribution is 0.0883. The van der Waals surface area contributed by atoms with Crippen LogP contribution < -0.4 is 20.1 Å². The maximum absolute atomic E-state index is 13.9. The smallest absolute Gasteiger partial charge is 0.257 e. The number of carbonyl (C=O) groups excluding carboxylic acids is 2. The van der Waals surface area contributed by atoms with Crippen LogP contribution in [0.1, 0.15) is 59.2 Å². The summed E-state index contributed by atoms with van der Waals surface area (Å²) in [5.41, 5.74) is 0.534. The fraction of sp³-hybridized carbons (Fsp3) is 0.500. The highest BCUT2D eigenvalue weighted by atomic mass is 32.2. The van der Waals surface area contributed by atoms with Gasteiger partial charge in [-0.25, -0.2) is 9.37 Å². The summed E-state index contributed by atoms with van der Waals surface area (Å²) < 4.78 is 25.3. The summed E-state index contributed by atoms with van der Waals surface area (Å²) in [4.78, 5) is 29.8. The number of para-hydroxylation sites is 1. The minimum absolute atomic E-state index is 0.0195. The highest BCUT2D eigenvalue weighted by molar-refractivity contribution is 7.99. The Morgan fingerprint density at radius 1 is 1.00 bits per heavy atom. The van der Waals surface area contributed by atoms with Gasteiger partial charge in [0.15, 0.2) is 0 Å². The van der Waals surface area contributed by atoms with Crippen molar-refractivity contribution in [1.82, 2.24) is 15.6 Å². The molecule has 0 radical (unpaired) electrons. The molecule has 0 unspecified atom stereocenters. The molecule has 2 heterocycles. The van der Waals surface area contributed by atoms with Crippen LogP contribution in [0.3, 0.4) is 0 Å². The molecular formula is C26H32FN3O5S. The van der Waals surface area contributed by atoms with Crippen LogP contribution in [0, 0.1) is 5.82 Å². The number of amides is 2. The molecule has 8 nitrogen and oxygen atoms in total. The number of hydrogen-bond acceptors (Lipinski definition) is 7. The molecular weight excluding hydrogens is 485 g/mol. The molecule has 2 aliphatic rings. The van der Waals surface area contributed by atoms with Gasteiger partial charge in [0, 0.05) is 12.1 Å². The average Bonchev–Trinajstić information content (AvgIpc) is 2.90. The first kappa shape index (κ1) is 26.2. The van der Waals surface area contributed by atoms with E-state index in [2.05, 4.69) is 15.6 Å². The molecule has 0 bridgehead atoms. The molecule has 194 valence electrons. The number of nitrogens with zero attached hydrogens (tertiary/aromatic N) is 1. The predicted molar refractivity (Wildman–Crippen MR) is 135 cm³/mol. The van der Waals surface area contributed by atoms with E-state index in [9.17, 15) is 14.0 Å². The lowest BCUT2D eigenvalue weighted by Crippen LogP contribution is -2.44. The zero-order valence-corrected chi connectivity index (χ0v) is 20.9. The summed E-state index contributed by atoms with van der Waals surface area (Å²) in [6.45, 7) is -0.0207. The van der Waals surface area contributed by atoms with Gasteiger partial charge >= 0.3 is 0 Å². The van der Waals surface area contributed by atoms with Crippen LogP contribution in [0.4, 0.5) is 4.39 Å². The number of pyridine rings is 1. The second kappa shape index (κ2) is 12.9. The third-order valence-corrected chi connectivity index (χ3v) is 7.44. The van der Waals surface area contributed by atoms with Crippen LogP contribution >= 0.6 is 11.8 Å². The monoisotopic (exact) mass is 517 g/mol. The summed E-state index contributed by atoms with van der Waals surface area (Å²) in [6, 6.07) is 7.98. The van der Waals surface area contributed by atoms with Crippen molar-refractivity contribution >= 4 is 23.6 Å². The minimum Gasteiger partial charge on any atom is -0.490 e. The molecule has 2 amide bonds. The molecule has 1 aliphatic heterocycles. The number of aromatic nitrogens is 1. The molecule has 36 heavy (non-hydrogen) atoms. The number of aliphatic hydroxyl groups excluding tert-OH is 1. The number of hydrogen-bond donors (Lipinski definition) is 3. The fourth-order valence-electron chi connectivity index (χ4n) is 4.48. The maximum atomic E-state index is 13.9. The lowest BCUT2D eigenvalue weighted by atomic mass is 9.90. The molecule has 2 fully saturated rings. The molecule has 1 aromatic carbocycles. The number of carbonyl (C=O) groups is 2. The van der Waals surface area contributed by atoms with Gasteiger partial charge in [-0.1, -0.05) is 12.1 Å². The van der Waals surface area contributed by atoms with Crippen molar-refractivity contribution < 1.29 is 28.6 Å². The highest BCUT2D eigenvalue weighted by Gasteiger charge is 2.27. The Kier molecular flexibility index (Phi) is 9.41. The Labute approximate surface area is 214 Å². The first-order valence-corrected chi connectivity index (χ1v) is 13.5. The fourth-order valence-corrected chi connectivity index (χ4v) is 5.54. The van der Waals surface area contributed by atoms with E-state index >= 15 is 0 Å². The highest BCUT2D eigenvalue weighted by Crippen LogP contribution is 2.26. The van der Waals surface area contributed by atoms with Crippen LogP contribution in [0.2, 0.25) is 0 Å². The van der Waals surface area contributed by atoms with E-state index < -0.39 is 11.7 Å².